The molecule has 1 unspecified atom stereocenters. The lowest BCUT2D eigenvalue weighted by Crippen LogP contribution is -2.47. The Morgan fingerprint density at radius 2 is 2.05 bits per heavy atom. The summed E-state index contributed by atoms with van der Waals surface area (Å²) in [7, 11) is 0. The number of nitrogens with zero attached hydrogens (tertiary/aromatic N) is 1. The van der Waals surface area contributed by atoms with Crippen molar-refractivity contribution in [2.75, 3.05) is 19.6 Å². The van der Waals surface area contributed by atoms with Gasteiger partial charge in [-0.3, -0.25) is 30.1 Å². The van der Waals surface area contributed by atoms with Crippen molar-refractivity contribution in [2.45, 2.75) is 32.6 Å². The fourth-order valence-electron chi connectivity index (χ4n) is 2.26. The number of aliphatic carboxylic acids is 1. The smallest absolute Gasteiger partial charge is 0.303 e. The van der Waals surface area contributed by atoms with Gasteiger partial charge in [0.1, 0.15) is 0 Å². The van der Waals surface area contributed by atoms with Crippen molar-refractivity contribution >= 4 is 17.8 Å². The third-order valence-electron chi connectivity index (χ3n) is 3.11. The molecule has 1 rings (SSSR count). The third-order valence-corrected chi connectivity index (χ3v) is 3.11. The fourth-order valence-corrected chi connectivity index (χ4v) is 2.26. The molecule has 0 aromatic carbocycles. The molecule has 3 N–H and O–H groups in total. The molecule has 19 heavy (non-hydrogen) atoms. The number of rotatable bonds is 5. The monoisotopic (exact) mass is 271 g/mol. The standard InChI is InChI=1S/C12H21N3O4/c1-9(16)13-14-11(17)8-15-6-2-3-10(7-15)4-5-12(18)19/h10H,2-8H2,1H3,(H,13,16)(H,14,17)(H,18,19). The number of carboxylic acid groups (broad SMARTS) is 1. The summed E-state index contributed by atoms with van der Waals surface area (Å²) in [5, 5.41) is 8.66. The molecule has 0 saturated carbocycles. The van der Waals surface area contributed by atoms with Gasteiger partial charge in [-0.15, -0.1) is 0 Å². The van der Waals surface area contributed by atoms with Gasteiger partial charge in [0.05, 0.1) is 6.54 Å². The summed E-state index contributed by atoms with van der Waals surface area (Å²) in [6.45, 7) is 3.12. The second kappa shape index (κ2) is 7.73. The molecular weight excluding hydrogens is 250 g/mol. The lowest BCUT2D eigenvalue weighted by atomic mass is 9.93. The van der Waals surface area contributed by atoms with Crippen LogP contribution in [-0.4, -0.2) is 47.4 Å². The highest BCUT2D eigenvalue weighted by molar-refractivity contribution is 5.81. The van der Waals surface area contributed by atoms with Crippen LogP contribution in [0, 0.1) is 5.92 Å². The third kappa shape index (κ3) is 6.76. The van der Waals surface area contributed by atoms with Gasteiger partial charge in [0, 0.05) is 19.9 Å². The van der Waals surface area contributed by atoms with E-state index in [2.05, 4.69) is 10.9 Å². The summed E-state index contributed by atoms with van der Waals surface area (Å²) in [6.07, 6.45) is 2.81. The van der Waals surface area contributed by atoms with Crippen molar-refractivity contribution in [3.8, 4) is 0 Å². The molecule has 0 spiro atoms. The van der Waals surface area contributed by atoms with Gasteiger partial charge >= 0.3 is 5.97 Å². The normalized spacial score (nSPS) is 19.7. The van der Waals surface area contributed by atoms with E-state index in [-0.39, 0.29) is 24.8 Å². The molecule has 1 heterocycles. The molecule has 0 aliphatic carbocycles. The van der Waals surface area contributed by atoms with Crippen LogP contribution < -0.4 is 10.9 Å². The Kier molecular flexibility index (Phi) is 6.27. The first kappa shape index (κ1) is 15.4. The summed E-state index contributed by atoms with van der Waals surface area (Å²) in [5.74, 6) is -1.01. The van der Waals surface area contributed by atoms with E-state index >= 15 is 0 Å². The zero-order valence-corrected chi connectivity index (χ0v) is 11.1. The SMILES string of the molecule is CC(=O)NNC(=O)CN1CCCC(CCC(=O)O)C1. The van der Waals surface area contributed by atoms with E-state index in [1.54, 1.807) is 0 Å². The molecule has 1 aliphatic heterocycles. The van der Waals surface area contributed by atoms with Crippen molar-refractivity contribution in [1.82, 2.24) is 15.8 Å². The quantitative estimate of drug-likeness (QED) is 0.598. The van der Waals surface area contributed by atoms with Crippen LogP contribution in [0.2, 0.25) is 0 Å². The van der Waals surface area contributed by atoms with Gasteiger partial charge in [-0.1, -0.05) is 0 Å². The second-order valence-electron chi connectivity index (χ2n) is 4.91. The average molecular weight is 271 g/mol. The number of carboxylic acids is 1. The molecule has 108 valence electrons. The molecule has 1 fully saturated rings. The Bertz CT molecular complexity index is 346. The number of hydrazine groups is 1. The molecule has 1 atom stereocenters. The van der Waals surface area contributed by atoms with Gasteiger partial charge in [-0.25, -0.2) is 0 Å². The minimum atomic E-state index is -0.777. The lowest BCUT2D eigenvalue weighted by Gasteiger charge is -2.31. The van der Waals surface area contributed by atoms with Gasteiger partial charge in [0.2, 0.25) is 5.91 Å². The van der Waals surface area contributed by atoms with Gasteiger partial charge in [0.15, 0.2) is 0 Å². The number of carbonyl (C=O) groups excluding carboxylic acids is 2. The van der Waals surface area contributed by atoms with Crippen molar-refractivity contribution in [3.63, 3.8) is 0 Å². The van der Waals surface area contributed by atoms with Crippen molar-refractivity contribution in [1.29, 1.82) is 0 Å². The van der Waals surface area contributed by atoms with Gasteiger partial charge in [0.25, 0.3) is 5.91 Å². The van der Waals surface area contributed by atoms with Gasteiger partial charge in [-0.05, 0) is 31.7 Å². The number of hydrogen-bond donors (Lipinski definition) is 3. The van der Waals surface area contributed by atoms with Gasteiger partial charge < -0.3 is 5.11 Å². The summed E-state index contributed by atoms with van der Waals surface area (Å²) < 4.78 is 0. The van der Waals surface area contributed by atoms with Crippen LogP contribution >= 0.6 is 0 Å². The zero-order valence-electron chi connectivity index (χ0n) is 11.1. The molecule has 0 aromatic rings. The minimum Gasteiger partial charge on any atom is -0.481 e. The van der Waals surface area contributed by atoms with Crippen LogP contribution in [-0.2, 0) is 14.4 Å². The summed E-state index contributed by atoms with van der Waals surface area (Å²) in [6, 6.07) is 0. The number of carbonyl (C=O) groups is 3. The minimum absolute atomic E-state index is 0.177. The average Bonchev–Trinajstić information content (AvgIpc) is 2.34. The van der Waals surface area contributed by atoms with Crippen LogP contribution in [0.1, 0.15) is 32.6 Å². The molecule has 7 heteroatoms. The second-order valence-corrected chi connectivity index (χ2v) is 4.91. The van der Waals surface area contributed by atoms with Crippen LogP contribution in [0.3, 0.4) is 0 Å². The number of amides is 2. The molecular formula is C12H21N3O4. The van der Waals surface area contributed by atoms with E-state index in [0.29, 0.717) is 12.3 Å². The molecule has 0 bridgehead atoms. The lowest BCUT2D eigenvalue weighted by molar-refractivity contribution is -0.137. The summed E-state index contributed by atoms with van der Waals surface area (Å²) in [4.78, 5) is 34.7. The number of piperidine rings is 1. The molecule has 1 saturated heterocycles. The maximum absolute atomic E-state index is 11.5. The Labute approximate surface area is 112 Å². The van der Waals surface area contributed by atoms with E-state index in [1.807, 2.05) is 4.90 Å². The van der Waals surface area contributed by atoms with E-state index < -0.39 is 5.97 Å². The first-order valence-corrected chi connectivity index (χ1v) is 6.47. The first-order valence-electron chi connectivity index (χ1n) is 6.47. The van der Waals surface area contributed by atoms with Crippen molar-refractivity contribution in [2.24, 2.45) is 5.92 Å². The Hall–Kier alpha value is -1.63. The van der Waals surface area contributed by atoms with E-state index in [1.165, 1.54) is 6.92 Å². The predicted molar refractivity (Wildman–Crippen MR) is 68.0 cm³/mol. The number of hydrogen-bond acceptors (Lipinski definition) is 4. The number of likely N-dealkylation sites (tertiary alicyclic amines) is 1. The van der Waals surface area contributed by atoms with Crippen molar-refractivity contribution in [3.05, 3.63) is 0 Å². The maximum atomic E-state index is 11.5. The van der Waals surface area contributed by atoms with E-state index in [0.717, 1.165) is 25.9 Å². The van der Waals surface area contributed by atoms with Crippen LogP contribution in [0.4, 0.5) is 0 Å². The Morgan fingerprint density at radius 1 is 1.32 bits per heavy atom. The zero-order chi connectivity index (χ0) is 14.3. The molecule has 7 nitrogen and oxygen atoms in total. The maximum Gasteiger partial charge on any atom is 0.303 e. The van der Waals surface area contributed by atoms with E-state index in [9.17, 15) is 14.4 Å². The largest absolute Gasteiger partial charge is 0.481 e. The van der Waals surface area contributed by atoms with Crippen molar-refractivity contribution < 1.29 is 19.5 Å². The van der Waals surface area contributed by atoms with Crippen LogP contribution in [0.25, 0.3) is 0 Å². The highest BCUT2D eigenvalue weighted by Crippen LogP contribution is 2.20. The summed E-state index contributed by atoms with van der Waals surface area (Å²) in [5.41, 5.74) is 4.56. The molecule has 2 amide bonds. The predicted octanol–water partition coefficient (Wildman–Crippen LogP) is -0.269. The van der Waals surface area contributed by atoms with Crippen LogP contribution in [0.15, 0.2) is 0 Å². The van der Waals surface area contributed by atoms with Gasteiger partial charge in [-0.2, -0.15) is 0 Å². The Balaban J connectivity index is 2.27. The van der Waals surface area contributed by atoms with E-state index in [4.69, 9.17) is 5.11 Å². The molecule has 1 aliphatic rings. The highest BCUT2D eigenvalue weighted by Gasteiger charge is 2.22. The van der Waals surface area contributed by atoms with Crippen LogP contribution in [0.5, 0.6) is 0 Å². The topological polar surface area (TPSA) is 98.7 Å². The molecule has 0 radical (unpaired) electrons. The molecule has 0 aromatic heterocycles. The Morgan fingerprint density at radius 3 is 2.68 bits per heavy atom. The first-order chi connectivity index (χ1) is 8.97. The fraction of sp³-hybridized carbons (Fsp3) is 0.750. The number of nitrogens with one attached hydrogen (secondary N) is 2. The summed E-state index contributed by atoms with van der Waals surface area (Å²) >= 11 is 0. The highest BCUT2D eigenvalue weighted by atomic mass is 16.4.